The van der Waals surface area contributed by atoms with Crippen molar-refractivity contribution in [2.75, 3.05) is 19.1 Å². The lowest BCUT2D eigenvalue weighted by Gasteiger charge is -2.23. The predicted octanol–water partition coefficient (Wildman–Crippen LogP) is 2.26. The summed E-state index contributed by atoms with van der Waals surface area (Å²) >= 11 is 0. The Morgan fingerprint density at radius 2 is 1.63 bits per heavy atom. The summed E-state index contributed by atoms with van der Waals surface area (Å²) in [7, 11) is -7.10. The van der Waals surface area contributed by atoms with E-state index in [0.29, 0.717) is 12.0 Å². The maximum Gasteiger partial charge on any atom is 0.235 e. The monoisotopic (exact) mass is 456 g/mol. The number of sulfone groups is 1. The minimum absolute atomic E-state index is 0.166. The Morgan fingerprint density at radius 3 is 2.13 bits per heavy atom. The number of nitrogens with zero attached hydrogens (tertiary/aromatic N) is 1. The maximum absolute atomic E-state index is 13.9. The third-order valence-electron chi connectivity index (χ3n) is 4.55. The van der Waals surface area contributed by atoms with Crippen LogP contribution in [0.5, 0.6) is 0 Å². The van der Waals surface area contributed by atoms with Crippen LogP contribution in [0.3, 0.4) is 0 Å². The van der Waals surface area contributed by atoms with E-state index >= 15 is 0 Å². The average molecular weight is 457 g/mol. The van der Waals surface area contributed by atoms with Gasteiger partial charge in [-0.2, -0.15) is 4.31 Å². The lowest BCUT2D eigenvalue weighted by Crippen LogP contribution is -2.41. The van der Waals surface area contributed by atoms with Gasteiger partial charge in [-0.05, 0) is 30.2 Å². The topological polar surface area (TPSA) is 101 Å². The van der Waals surface area contributed by atoms with E-state index < -0.39 is 44.2 Å². The van der Waals surface area contributed by atoms with E-state index in [-0.39, 0.29) is 17.0 Å². The van der Waals surface area contributed by atoms with Crippen LogP contribution in [0.15, 0.2) is 53.4 Å². The number of nitrogens with one attached hydrogen (secondary N) is 1. The van der Waals surface area contributed by atoms with Gasteiger partial charge in [-0.15, -0.1) is 0 Å². The van der Waals surface area contributed by atoms with Gasteiger partial charge < -0.3 is 5.32 Å². The van der Waals surface area contributed by atoms with Crippen molar-refractivity contribution in [3.8, 4) is 0 Å². The third-order valence-corrected chi connectivity index (χ3v) is 6.87. The molecule has 164 valence electrons. The summed E-state index contributed by atoms with van der Waals surface area (Å²) in [6.07, 6.45) is 2.58. The zero-order chi connectivity index (χ0) is 22.5. The van der Waals surface area contributed by atoms with Crippen molar-refractivity contribution in [2.45, 2.75) is 30.8 Å². The zero-order valence-corrected chi connectivity index (χ0v) is 18.6. The Bertz CT molecular complexity index is 1100. The standard InChI is InChI=1S/C20H25FN2O5S2/c1-4-19(15-9-11-17(12-10-15)29(2,25)26)22-20(24)14-23(30(3,27)28)13-16-7-5-6-8-18(16)21/h5-12,19H,4,13-14H2,1-3H3,(H,22,24)/t19-/m1/s1. The number of sulfonamides is 1. The van der Waals surface area contributed by atoms with Gasteiger partial charge in [0.25, 0.3) is 0 Å². The Kier molecular flexibility index (Phi) is 7.73. The first-order valence-corrected chi connectivity index (χ1v) is 12.9. The Hall–Kier alpha value is -2.30. The van der Waals surface area contributed by atoms with Crippen molar-refractivity contribution >= 4 is 25.8 Å². The number of rotatable bonds is 9. The fourth-order valence-electron chi connectivity index (χ4n) is 2.88. The smallest absolute Gasteiger partial charge is 0.235 e. The SMILES string of the molecule is CC[C@@H](NC(=O)CN(Cc1ccccc1F)S(C)(=O)=O)c1ccc(S(C)(=O)=O)cc1. The van der Waals surface area contributed by atoms with Gasteiger partial charge in [0.05, 0.1) is 23.7 Å². The summed E-state index contributed by atoms with van der Waals surface area (Å²) in [6, 6.07) is 11.5. The zero-order valence-electron chi connectivity index (χ0n) is 17.0. The first kappa shape index (κ1) is 24.0. The molecular formula is C20H25FN2O5S2. The molecule has 0 heterocycles. The van der Waals surface area contributed by atoms with Gasteiger partial charge in [-0.1, -0.05) is 37.3 Å². The number of amides is 1. The largest absolute Gasteiger partial charge is 0.348 e. The van der Waals surface area contributed by atoms with Crippen LogP contribution < -0.4 is 5.32 Å². The molecule has 0 radical (unpaired) electrons. The highest BCUT2D eigenvalue weighted by Gasteiger charge is 2.23. The second kappa shape index (κ2) is 9.67. The van der Waals surface area contributed by atoms with Crippen LogP contribution in [0, 0.1) is 5.82 Å². The molecule has 0 saturated heterocycles. The van der Waals surface area contributed by atoms with E-state index in [1.54, 1.807) is 18.2 Å². The fourth-order valence-corrected chi connectivity index (χ4v) is 4.23. The average Bonchev–Trinajstić information content (AvgIpc) is 2.66. The van der Waals surface area contributed by atoms with Gasteiger partial charge in [0.1, 0.15) is 5.82 Å². The summed E-state index contributed by atoms with van der Waals surface area (Å²) in [5, 5.41) is 2.76. The van der Waals surface area contributed by atoms with Crippen molar-refractivity contribution in [3.05, 3.63) is 65.5 Å². The van der Waals surface area contributed by atoms with Gasteiger partial charge >= 0.3 is 0 Å². The molecule has 0 spiro atoms. The highest BCUT2D eigenvalue weighted by atomic mass is 32.2. The Balaban J connectivity index is 2.14. The van der Waals surface area contributed by atoms with Gasteiger partial charge in [0, 0.05) is 18.4 Å². The lowest BCUT2D eigenvalue weighted by atomic mass is 10.0. The molecule has 10 heteroatoms. The molecule has 7 nitrogen and oxygen atoms in total. The number of halogens is 1. The quantitative estimate of drug-likeness (QED) is 0.624. The number of carbonyl (C=O) groups excluding carboxylic acids is 1. The molecule has 0 saturated carbocycles. The highest BCUT2D eigenvalue weighted by Crippen LogP contribution is 2.19. The summed E-state index contributed by atoms with van der Waals surface area (Å²) in [4.78, 5) is 12.7. The van der Waals surface area contributed by atoms with Crippen molar-refractivity contribution < 1.29 is 26.0 Å². The molecule has 0 aromatic heterocycles. The Morgan fingerprint density at radius 1 is 1.03 bits per heavy atom. The lowest BCUT2D eigenvalue weighted by molar-refractivity contribution is -0.122. The normalized spacial score (nSPS) is 13.2. The molecular weight excluding hydrogens is 431 g/mol. The van der Waals surface area contributed by atoms with Gasteiger partial charge in [-0.25, -0.2) is 21.2 Å². The molecule has 1 atom stereocenters. The first-order chi connectivity index (χ1) is 13.9. The third kappa shape index (κ3) is 6.61. The van der Waals surface area contributed by atoms with Crippen molar-refractivity contribution in [2.24, 2.45) is 0 Å². The van der Waals surface area contributed by atoms with Crippen LogP contribution in [0.2, 0.25) is 0 Å². The van der Waals surface area contributed by atoms with Crippen molar-refractivity contribution in [3.63, 3.8) is 0 Å². The molecule has 0 aliphatic heterocycles. The number of hydrogen-bond acceptors (Lipinski definition) is 5. The van der Waals surface area contributed by atoms with E-state index in [0.717, 1.165) is 16.8 Å². The van der Waals surface area contributed by atoms with Crippen LogP contribution in [-0.2, 0) is 31.2 Å². The molecule has 2 rings (SSSR count). The van der Waals surface area contributed by atoms with E-state index in [2.05, 4.69) is 5.32 Å². The maximum atomic E-state index is 13.9. The van der Waals surface area contributed by atoms with Crippen LogP contribution in [0.25, 0.3) is 0 Å². The fraction of sp³-hybridized carbons (Fsp3) is 0.350. The summed E-state index contributed by atoms with van der Waals surface area (Å²) < 4.78 is 62.2. The molecule has 2 aromatic carbocycles. The van der Waals surface area contributed by atoms with Crippen LogP contribution in [0.1, 0.15) is 30.5 Å². The van der Waals surface area contributed by atoms with Gasteiger partial charge in [0.2, 0.25) is 15.9 Å². The second-order valence-corrected chi connectivity index (χ2v) is 11.0. The summed E-state index contributed by atoms with van der Waals surface area (Å²) in [5.74, 6) is -1.10. The summed E-state index contributed by atoms with van der Waals surface area (Å²) in [6.45, 7) is 1.10. The van der Waals surface area contributed by atoms with Gasteiger partial charge in [0.15, 0.2) is 9.84 Å². The number of carbonyl (C=O) groups is 1. The van der Waals surface area contributed by atoms with Crippen LogP contribution in [0.4, 0.5) is 4.39 Å². The van der Waals surface area contributed by atoms with Crippen molar-refractivity contribution in [1.82, 2.24) is 9.62 Å². The Labute approximate surface area is 176 Å². The first-order valence-electron chi connectivity index (χ1n) is 9.19. The van der Waals surface area contributed by atoms with E-state index in [4.69, 9.17) is 0 Å². The molecule has 2 aromatic rings. The highest BCUT2D eigenvalue weighted by molar-refractivity contribution is 7.90. The van der Waals surface area contributed by atoms with Crippen LogP contribution in [-0.4, -0.2) is 46.1 Å². The second-order valence-electron chi connectivity index (χ2n) is 6.99. The van der Waals surface area contributed by atoms with E-state index in [9.17, 15) is 26.0 Å². The number of hydrogen-bond donors (Lipinski definition) is 1. The minimum atomic E-state index is -3.76. The van der Waals surface area contributed by atoms with E-state index in [1.165, 1.54) is 30.3 Å². The molecule has 1 N–H and O–H groups in total. The predicted molar refractivity (Wildman–Crippen MR) is 112 cm³/mol. The molecule has 0 aliphatic carbocycles. The van der Waals surface area contributed by atoms with E-state index in [1.807, 2.05) is 6.92 Å². The molecule has 0 fully saturated rings. The molecule has 0 bridgehead atoms. The molecule has 0 unspecified atom stereocenters. The minimum Gasteiger partial charge on any atom is -0.348 e. The van der Waals surface area contributed by atoms with Crippen LogP contribution >= 0.6 is 0 Å². The molecule has 0 aliphatic rings. The van der Waals surface area contributed by atoms with Gasteiger partial charge in [-0.3, -0.25) is 4.79 Å². The summed E-state index contributed by atoms with van der Waals surface area (Å²) in [5.41, 5.74) is 0.859. The molecule has 1 amide bonds. The molecule has 30 heavy (non-hydrogen) atoms. The number of benzene rings is 2. The van der Waals surface area contributed by atoms with Crippen molar-refractivity contribution in [1.29, 1.82) is 0 Å².